The molecule has 0 radical (unpaired) electrons. The Balaban J connectivity index is 1.76. The smallest absolute Gasteiger partial charge is 0.307 e. The Kier molecular flexibility index (Phi) is 11.5. The van der Waals surface area contributed by atoms with E-state index in [-0.39, 0.29) is 12.2 Å². The Morgan fingerprint density at radius 2 is 1.52 bits per heavy atom. The van der Waals surface area contributed by atoms with Crippen molar-refractivity contribution in [1.82, 2.24) is 5.32 Å². The number of hydrogen-bond donors (Lipinski definition) is 1. The molecule has 1 aliphatic heterocycles. The van der Waals surface area contributed by atoms with E-state index in [1.807, 2.05) is 0 Å². The van der Waals surface area contributed by atoms with Crippen molar-refractivity contribution in [3.63, 3.8) is 0 Å². The molecule has 0 aromatic rings. The topological polar surface area (TPSA) is 38.3 Å². The lowest BCUT2D eigenvalue weighted by Crippen LogP contribution is -2.27. The number of ether oxygens (including phenoxy) is 1. The molecular weight excluding hydrogens is 262 g/mol. The Bertz CT molecular complexity index is 250. The van der Waals surface area contributed by atoms with Crippen LogP contribution in [0.4, 0.5) is 0 Å². The zero-order chi connectivity index (χ0) is 15.2. The average molecular weight is 297 g/mol. The van der Waals surface area contributed by atoms with Gasteiger partial charge in [-0.05, 0) is 25.8 Å². The summed E-state index contributed by atoms with van der Waals surface area (Å²) in [4.78, 5) is 11.6. The Morgan fingerprint density at radius 3 is 2.05 bits per heavy atom. The highest BCUT2D eigenvalue weighted by Gasteiger charge is 2.17. The minimum atomic E-state index is -0.0228. The van der Waals surface area contributed by atoms with E-state index in [9.17, 15) is 4.79 Å². The first kappa shape index (κ1) is 18.5. The molecule has 3 heteroatoms. The van der Waals surface area contributed by atoms with Crippen molar-refractivity contribution in [3.8, 4) is 0 Å². The minimum absolute atomic E-state index is 0.00907. The average Bonchev–Trinajstić information content (AvgIpc) is 2.97. The first-order chi connectivity index (χ1) is 10.3. The molecular formula is C18H35NO2. The molecule has 1 aliphatic rings. The Labute approximate surface area is 131 Å². The van der Waals surface area contributed by atoms with Crippen molar-refractivity contribution in [2.75, 3.05) is 6.54 Å². The summed E-state index contributed by atoms with van der Waals surface area (Å²) >= 11 is 0. The van der Waals surface area contributed by atoms with E-state index >= 15 is 0 Å². The van der Waals surface area contributed by atoms with Crippen molar-refractivity contribution in [2.45, 2.75) is 103 Å². The van der Waals surface area contributed by atoms with Gasteiger partial charge in [0.15, 0.2) is 6.23 Å². The van der Waals surface area contributed by atoms with Gasteiger partial charge in [-0.1, -0.05) is 71.1 Å². The SMILES string of the molecule is CCCCCCCCCCCCCC(=O)OC1CCCN1. The lowest BCUT2D eigenvalue weighted by Gasteiger charge is -2.11. The van der Waals surface area contributed by atoms with Gasteiger partial charge in [0.05, 0.1) is 0 Å². The predicted molar refractivity (Wildman–Crippen MR) is 88.2 cm³/mol. The summed E-state index contributed by atoms with van der Waals surface area (Å²) in [7, 11) is 0. The lowest BCUT2D eigenvalue weighted by molar-refractivity contribution is -0.149. The fourth-order valence-corrected chi connectivity index (χ4v) is 2.90. The van der Waals surface area contributed by atoms with Crippen LogP contribution < -0.4 is 5.32 Å². The van der Waals surface area contributed by atoms with E-state index in [0.717, 1.165) is 25.8 Å². The summed E-state index contributed by atoms with van der Waals surface area (Å²) in [5, 5.41) is 3.19. The van der Waals surface area contributed by atoms with E-state index in [1.54, 1.807) is 0 Å². The monoisotopic (exact) mass is 297 g/mol. The Morgan fingerprint density at radius 1 is 0.952 bits per heavy atom. The van der Waals surface area contributed by atoms with Gasteiger partial charge in [0.2, 0.25) is 0 Å². The third-order valence-electron chi connectivity index (χ3n) is 4.27. The van der Waals surface area contributed by atoms with E-state index in [1.165, 1.54) is 64.2 Å². The standard InChI is InChI=1S/C18H35NO2/c1-2-3-4-5-6-7-8-9-10-11-12-15-18(20)21-17-14-13-16-19-17/h17,19H,2-16H2,1H3. The molecule has 0 aromatic carbocycles. The van der Waals surface area contributed by atoms with Gasteiger partial charge in [0, 0.05) is 6.42 Å². The first-order valence-electron chi connectivity index (χ1n) is 9.26. The zero-order valence-electron chi connectivity index (χ0n) is 14.0. The second kappa shape index (κ2) is 13.1. The molecule has 1 rings (SSSR count). The molecule has 124 valence electrons. The van der Waals surface area contributed by atoms with Crippen LogP contribution in [0, 0.1) is 0 Å². The van der Waals surface area contributed by atoms with Gasteiger partial charge in [0.1, 0.15) is 0 Å². The van der Waals surface area contributed by atoms with Crippen molar-refractivity contribution in [2.24, 2.45) is 0 Å². The number of carbonyl (C=O) groups excluding carboxylic acids is 1. The maximum atomic E-state index is 11.6. The van der Waals surface area contributed by atoms with Gasteiger partial charge in [-0.2, -0.15) is 0 Å². The fourth-order valence-electron chi connectivity index (χ4n) is 2.90. The maximum absolute atomic E-state index is 11.6. The molecule has 3 nitrogen and oxygen atoms in total. The van der Waals surface area contributed by atoms with Crippen molar-refractivity contribution < 1.29 is 9.53 Å². The summed E-state index contributed by atoms with van der Waals surface area (Å²) in [6.45, 7) is 3.25. The molecule has 21 heavy (non-hydrogen) atoms. The number of nitrogens with one attached hydrogen (secondary N) is 1. The van der Waals surface area contributed by atoms with E-state index in [0.29, 0.717) is 6.42 Å². The van der Waals surface area contributed by atoms with Crippen LogP contribution in [0.2, 0.25) is 0 Å². The number of unbranched alkanes of at least 4 members (excludes halogenated alkanes) is 10. The summed E-state index contributed by atoms with van der Waals surface area (Å²) in [5.41, 5.74) is 0. The summed E-state index contributed by atoms with van der Waals surface area (Å²) < 4.78 is 5.35. The molecule has 1 unspecified atom stereocenters. The van der Waals surface area contributed by atoms with E-state index in [4.69, 9.17) is 4.74 Å². The highest BCUT2D eigenvalue weighted by molar-refractivity contribution is 5.69. The highest BCUT2D eigenvalue weighted by atomic mass is 16.6. The van der Waals surface area contributed by atoms with Gasteiger partial charge in [-0.15, -0.1) is 0 Å². The van der Waals surface area contributed by atoms with Gasteiger partial charge in [-0.3, -0.25) is 10.1 Å². The van der Waals surface area contributed by atoms with Crippen LogP contribution in [0.25, 0.3) is 0 Å². The highest BCUT2D eigenvalue weighted by Crippen LogP contribution is 2.13. The molecule has 1 heterocycles. The van der Waals surface area contributed by atoms with Crippen LogP contribution in [-0.4, -0.2) is 18.7 Å². The Hall–Kier alpha value is -0.570. The summed E-state index contributed by atoms with van der Waals surface area (Å²) in [6, 6.07) is 0. The van der Waals surface area contributed by atoms with Crippen molar-refractivity contribution in [3.05, 3.63) is 0 Å². The molecule has 0 bridgehead atoms. The molecule has 0 aliphatic carbocycles. The molecule has 0 amide bonds. The second-order valence-electron chi connectivity index (χ2n) is 6.36. The van der Waals surface area contributed by atoms with E-state index < -0.39 is 0 Å². The van der Waals surface area contributed by atoms with Crippen LogP contribution in [0.1, 0.15) is 96.8 Å². The number of esters is 1. The maximum Gasteiger partial charge on any atom is 0.307 e. The molecule has 1 N–H and O–H groups in total. The third-order valence-corrected chi connectivity index (χ3v) is 4.27. The quantitative estimate of drug-likeness (QED) is 0.386. The van der Waals surface area contributed by atoms with Crippen molar-refractivity contribution >= 4 is 5.97 Å². The van der Waals surface area contributed by atoms with E-state index in [2.05, 4.69) is 12.2 Å². The van der Waals surface area contributed by atoms with Crippen LogP contribution in [0.3, 0.4) is 0 Å². The minimum Gasteiger partial charge on any atom is -0.447 e. The van der Waals surface area contributed by atoms with Crippen molar-refractivity contribution in [1.29, 1.82) is 0 Å². The second-order valence-corrected chi connectivity index (χ2v) is 6.36. The lowest BCUT2D eigenvalue weighted by atomic mass is 10.1. The first-order valence-corrected chi connectivity index (χ1v) is 9.26. The van der Waals surface area contributed by atoms with Crippen LogP contribution in [0.5, 0.6) is 0 Å². The molecule has 0 saturated carbocycles. The van der Waals surface area contributed by atoms with Crippen LogP contribution in [0.15, 0.2) is 0 Å². The fraction of sp³-hybridized carbons (Fsp3) is 0.944. The van der Waals surface area contributed by atoms with Gasteiger partial charge in [0.25, 0.3) is 0 Å². The molecule has 1 saturated heterocycles. The zero-order valence-corrected chi connectivity index (χ0v) is 14.0. The number of hydrogen-bond acceptors (Lipinski definition) is 3. The van der Waals surface area contributed by atoms with Gasteiger partial charge < -0.3 is 4.74 Å². The molecule has 1 atom stereocenters. The number of rotatable bonds is 13. The number of carbonyl (C=O) groups is 1. The normalized spacial score (nSPS) is 18.0. The van der Waals surface area contributed by atoms with Gasteiger partial charge in [-0.25, -0.2) is 0 Å². The summed E-state index contributed by atoms with van der Waals surface area (Å²) in [6.07, 6.45) is 17.1. The van der Waals surface area contributed by atoms with Crippen LogP contribution in [-0.2, 0) is 9.53 Å². The van der Waals surface area contributed by atoms with Gasteiger partial charge >= 0.3 is 5.97 Å². The largest absolute Gasteiger partial charge is 0.447 e. The molecule has 1 fully saturated rings. The molecule has 0 spiro atoms. The third kappa shape index (κ3) is 10.8. The summed E-state index contributed by atoms with van der Waals surface area (Å²) in [5.74, 6) is -0.0228. The predicted octanol–water partition coefficient (Wildman–Crippen LogP) is 4.94. The van der Waals surface area contributed by atoms with Crippen LogP contribution >= 0.6 is 0 Å². The molecule has 0 aromatic heterocycles.